The minimum Gasteiger partial charge on any atom is -0.378 e. The summed E-state index contributed by atoms with van der Waals surface area (Å²) in [4.78, 5) is 30.2. The first kappa shape index (κ1) is 19.1. The van der Waals surface area contributed by atoms with E-state index < -0.39 is 0 Å². The average Bonchev–Trinajstić information content (AvgIpc) is 2.72. The van der Waals surface area contributed by atoms with Gasteiger partial charge in [0.05, 0.1) is 23.8 Å². The smallest absolute Gasteiger partial charge is 0.255 e. The van der Waals surface area contributed by atoms with Gasteiger partial charge in [0.25, 0.3) is 11.8 Å². The molecule has 1 saturated heterocycles. The number of benzene rings is 1. The van der Waals surface area contributed by atoms with Crippen LogP contribution in [0.3, 0.4) is 0 Å². The molecule has 1 aliphatic rings. The molecule has 0 atom stereocenters. The van der Waals surface area contributed by atoms with Crippen LogP contribution in [0.25, 0.3) is 0 Å². The van der Waals surface area contributed by atoms with Crippen LogP contribution in [0, 0.1) is 0 Å². The van der Waals surface area contributed by atoms with Gasteiger partial charge in [-0.05, 0) is 23.8 Å². The van der Waals surface area contributed by atoms with E-state index in [0.29, 0.717) is 54.8 Å². The molecule has 2 aromatic rings. The Labute approximate surface area is 162 Å². The van der Waals surface area contributed by atoms with Gasteiger partial charge < -0.3 is 20.3 Å². The molecule has 0 unspecified atom stereocenters. The topological polar surface area (TPSA) is 83.6 Å². The normalized spacial score (nSPS) is 13.9. The van der Waals surface area contributed by atoms with Gasteiger partial charge in [-0.2, -0.15) is 0 Å². The summed E-state index contributed by atoms with van der Waals surface area (Å²) in [7, 11) is 1.59. The molecule has 27 heavy (non-hydrogen) atoms. The Morgan fingerprint density at radius 1 is 1.22 bits per heavy atom. The van der Waals surface area contributed by atoms with Crippen molar-refractivity contribution >= 4 is 29.2 Å². The van der Waals surface area contributed by atoms with Crippen LogP contribution in [-0.2, 0) is 11.3 Å². The number of rotatable bonds is 5. The van der Waals surface area contributed by atoms with Crippen molar-refractivity contribution < 1.29 is 14.3 Å². The molecule has 1 aromatic heterocycles. The summed E-state index contributed by atoms with van der Waals surface area (Å²) in [5.74, 6) is 0.247. The van der Waals surface area contributed by atoms with Gasteiger partial charge in [0.1, 0.15) is 5.82 Å². The monoisotopic (exact) mass is 388 g/mol. The maximum atomic E-state index is 12.5. The van der Waals surface area contributed by atoms with Crippen LogP contribution in [-0.4, -0.2) is 55.0 Å². The Balaban J connectivity index is 1.66. The Hall–Kier alpha value is -2.64. The van der Waals surface area contributed by atoms with E-state index in [2.05, 4.69) is 15.6 Å². The maximum Gasteiger partial charge on any atom is 0.255 e. The van der Waals surface area contributed by atoms with Crippen LogP contribution in [0.1, 0.15) is 26.3 Å². The zero-order valence-electron chi connectivity index (χ0n) is 15.0. The van der Waals surface area contributed by atoms with Gasteiger partial charge in [0.2, 0.25) is 0 Å². The lowest BCUT2D eigenvalue weighted by Crippen LogP contribution is -2.40. The molecule has 0 saturated carbocycles. The van der Waals surface area contributed by atoms with Gasteiger partial charge in [-0.15, -0.1) is 0 Å². The molecule has 0 radical (unpaired) electrons. The van der Waals surface area contributed by atoms with Crippen LogP contribution < -0.4 is 10.6 Å². The van der Waals surface area contributed by atoms with Crippen LogP contribution in [0.15, 0.2) is 36.5 Å². The molecule has 142 valence electrons. The van der Waals surface area contributed by atoms with Crippen LogP contribution in [0.4, 0.5) is 5.82 Å². The van der Waals surface area contributed by atoms with E-state index in [9.17, 15) is 9.59 Å². The first-order valence-corrected chi connectivity index (χ1v) is 9.03. The number of amides is 2. The van der Waals surface area contributed by atoms with Gasteiger partial charge in [0, 0.05) is 38.4 Å². The average molecular weight is 389 g/mol. The highest BCUT2D eigenvalue weighted by atomic mass is 35.5. The third-order valence-electron chi connectivity index (χ3n) is 4.26. The fourth-order valence-electron chi connectivity index (χ4n) is 2.79. The van der Waals surface area contributed by atoms with Gasteiger partial charge in [-0.25, -0.2) is 4.98 Å². The number of hydrogen-bond acceptors (Lipinski definition) is 5. The Morgan fingerprint density at radius 2 is 2.00 bits per heavy atom. The number of nitrogens with one attached hydrogen (secondary N) is 2. The van der Waals surface area contributed by atoms with Crippen molar-refractivity contribution in [3.8, 4) is 0 Å². The van der Waals surface area contributed by atoms with Gasteiger partial charge in [0.15, 0.2) is 0 Å². The van der Waals surface area contributed by atoms with Crippen molar-refractivity contribution in [1.82, 2.24) is 15.2 Å². The summed E-state index contributed by atoms with van der Waals surface area (Å²) < 4.78 is 5.26. The highest BCUT2D eigenvalue weighted by molar-refractivity contribution is 6.33. The van der Waals surface area contributed by atoms with Gasteiger partial charge in [-0.3, -0.25) is 9.59 Å². The Morgan fingerprint density at radius 3 is 2.70 bits per heavy atom. The highest BCUT2D eigenvalue weighted by Gasteiger charge is 2.19. The van der Waals surface area contributed by atoms with E-state index in [0.717, 1.165) is 5.56 Å². The third-order valence-corrected chi connectivity index (χ3v) is 4.55. The molecule has 8 heteroatoms. The van der Waals surface area contributed by atoms with Gasteiger partial charge in [-0.1, -0.05) is 23.7 Å². The summed E-state index contributed by atoms with van der Waals surface area (Å²) in [5.41, 5.74) is 1.96. The largest absolute Gasteiger partial charge is 0.378 e. The summed E-state index contributed by atoms with van der Waals surface area (Å²) in [6, 6.07) is 8.90. The molecule has 0 spiro atoms. The Kier molecular flexibility index (Phi) is 6.26. The second-order valence-corrected chi connectivity index (χ2v) is 6.50. The zero-order valence-corrected chi connectivity index (χ0v) is 15.8. The Bertz CT molecular complexity index is 837. The maximum absolute atomic E-state index is 12.5. The molecule has 2 heterocycles. The quantitative estimate of drug-likeness (QED) is 0.820. The summed E-state index contributed by atoms with van der Waals surface area (Å²) in [5, 5.41) is 6.11. The van der Waals surface area contributed by atoms with Crippen molar-refractivity contribution in [1.29, 1.82) is 0 Å². The second-order valence-electron chi connectivity index (χ2n) is 6.09. The van der Waals surface area contributed by atoms with Crippen molar-refractivity contribution in [2.75, 3.05) is 38.7 Å². The summed E-state index contributed by atoms with van der Waals surface area (Å²) in [6.07, 6.45) is 1.52. The van der Waals surface area contributed by atoms with E-state index in [1.807, 2.05) is 12.1 Å². The molecule has 7 nitrogen and oxygen atoms in total. The van der Waals surface area contributed by atoms with Crippen LogP contribution in [0.5, 0.6) is 0 Å². The van der Waals surface area contributed by atoms with E-state index in [1.165, 1.54) is 6.20 Å². The van der Waals surface area contributed by atoms with E-state index >= 15 is 0 Å². The van der Waals surface area contributed by atoms with Crippen molar-refractivity contribution in [3.63, 3.8) is 0 Å². The molecule has 1 aromatic carbocycles. The zero-order chi connectivity index (χ0) is 19.2. The fraction of sp³-hybridized carbons (Fsp3) is 0.316. The minimum absolute atomic E-state index is 0.0995. The third kappa shape index (κ3) is 4.75. The molecular formula is C19H21ClN4O3. The lowest BCUT2D eigenvalue weighted by molar-refractivity contribution is 0.0302. The molecule has 1 aliphatic heterocycles. The predicted molar refractivity (Wildman–Crippen MR) is 103 cm³/mol. The number of nitrogens with zero attached hydrogens (tertiary/aromatic N) is 2. The number of carbonyl (C=O) groups is 2. The SMILES string of the molecule is CNC(=O)c1cccc(CNc2ncc(C(=O)N3CCOCC3)cc2Cl)c1. The molecule has 2 amide bonds. The first-order chi connectivity index (χ1) is 13.1. The number of halogens is 1. The second kappa shape index (κ2) is 8.83. The van der Waals surface area contributed by atoms with E-state index in [4.69, 9.17) is 16.3 Å². The number of ether oxygens (including phenoxy) is 1. The minimum atomic E-state index is -0.140. The molecular weight excluding hydrogens is 368 g/mol. The number of morpholine rings is 1. The standard InChI is InChI=1S/C19H21ClN4O3/c1-21-18(25)14-4-2-3-13(9-14)11-22-17-16(20)10-15(12-23-17)19(26)24-5-7-27-8-6-24/h2-4,9-10,12H,5-8,11H2,1H3,(H,21,25)(H,22,23). The molecule has 3 rings (SSSR count). The lowest BCUT2D eigenvalue weighted by Gasteiger charge is -2.26. The van der Waals surface area contributed by atoms with Crippen molar-refractivity contribution in [2.45, 2.75) is 6.54 Å². The lowest BCUT2D eigenvalue weighted by atomic mass is 10.1. The van der Waals surface area contributed by atoms with Crippen LogP contribution in [0.2, 0.25) is 5.02 Å². The van der Waals surface area contributed by atoms with Crippen molar-refractivity contribution in [2.24, 2.45) is 0 Å². The predicted octanol–water partition coefficient (Wildman–Crippen LogP) is 2.18. The fourth-order valence-corrected chi connectivity index (χ4v) is 3.02. The number of hydrogen-bond donors (Lipinski definition) is 2. The number of carbonyl (C=O) groups excluding carboxylic acids is 2. The van der Waals surface area contributed by atoms with Crippen LogP contribution >= 0.6 is 11.6 Å². The first-order valence-electron chi connectivity index (χ1n) is 8.66. The highest BCUT2D eigenvalue weighted by Crippen LogP contribution is 2.22. The summed E-state index contributed by atoms with van der Waals surface area (Å²) >= 11 is 6.30. The number of pyridine rings is 1. The number of anilines is 1. The molecule has 2 N–H and O–H groups in total. The van der Waals surface area contributed by atoms with Gasteiger partial charge >= 0.3 is 0 Å². The molecule has 1 fully saturated rings. The molecule has 0 bridgehead atoms. The summed E-state index contributed by atoms with van der Waals surface area (Å²) in [6.45, 7) is 2.67. The van der Waals surface area contributed by atoms with E-state index in [-0.39, 0.29) is 11.8 Å². The molecule has 0 aliphatic carbocycles. The van der Waals surface area contributed by atoms with Crippen molar-refractivity contribution in [3.05, 3.63) is 58.2 Å². The number of aromatic nitrogens is 1. The van der Waals surface area contributed by atoms with E-state index in [1.54, 1.807) is 30.1 Å².